The normalized spacial score (nSPS) is 31.4. The number of anilines is 1. The van der Waals surface area contributed by atoms with Crippen LogP contribution in [0, 0.1) is 29.9 Å². The SMILES string of the molecule is Cc1cc(F)c(NC2C3CCCOC3C2(C)C)cc1F. The summed E-state index contributed by atoms with van der Waals surface area (Å²) in [6.07, 6.45) is 2.36. The third-order valence-corrected chi connectivity index (χ3v) is 4.89. The van der Waals surface area contributed by atoms with E-state index < -0.39 is 0 Å². The standard InChI is InChI=1S/C16H21F2NO/c1-9-7-12(18)13(8-11(9)17)19-14-10-5-4-6-20-15(10)16(14,2)3/h7-8,10,14-15,19H,4-6H2,1-3H3. The van der Waals surface area contributed by atoms with Crippen molar-refractivity contribution in [2.75, 3.05) is 11.9 Å². The van der Waals surface area contributed by atoms with Crippen molar-refractivity contribution in [2.24, 2.45) is 11.3 Å². The second-order valence-corrected chi connectivity index (χ2v) is 6.62. The van der Waals surface area contributed by atoms with Gasteiger partial charge in [0.1, 0.15) is 11.6 Å². The van der Waals surface area contributed by atoms with Gasteiger partial charge in [0, 0.05) is 30.0 Å². The highest BCUT2D eigenvalue weighted by Gasteiger charge is 2.58. The predicted octanol–water partition coefficient (Wildman–Crippen LogP) is 3.89. The quantitative estimate of drug-likeness (QED) is 0.888. The first-order chi connectivity index (χ1) is 9.41. The fraction of sp³-hybridized carbons (Fsp3) is 0.625. The molecule has 3 unspecified atom stereocenters. The highest BCUT2D eigenvalue weighted by Crippen LogP contribution is 2.52. The average Bonchev–Trinajstić information content (AvgIpc) is 2.41. The van der Waals surface area contributed by atoms with Crippen molar-refractivity contribution < 1.29 is 13.5 Å². The molecule has 1 N–H and O–H groups in total. The number of rotatable bonds is 2. The van der Waals surface area contributed by atoms with Gasteiger partial charge in [-0.25, -0.2) is 8.78 Å². The van der Waals surface area contributed by atoms with E-state index in [1.54, 1.807) is 6.92 Å². The zero-order valence-electron chi connectivity index (χ0n) is 12.2. The van der Waals surface area contributed by atoms with Gasteiger partial charge in [0.05, 0.1) is 11.8 Å². The van der Waals surface area contributed by atoms with E-state index >= 15 is 0 Å². The molecule has 1 heterocycles. The molecule has 110 valence electrons. The highest BCUT2D eigenvalue weighted by atomic mass is 19.1. The first-order valence-corrected chi connectivity index (χ1v) is 7.25. The van der Waals surface area contributed by atoms with Crippen LogP contribution in [0.3, 0.4) is 0 Å². The molecule has 20 heavy (non-hydrogen) atoms. The van der Waals surface area contributed by atoms with E-state index in [4.69, 9.17) is 4.74 Å². The minimum Gasteiger partial charge on any atom is -0.379 e. The minimum atomic E-state index is -0.389. The first-order valence-electron chi connectivity index (χ1n) is 7.25. The van der Waals surface area contributed by atoms with E-state index in [9.17, 15) is 8.78 Å². The van der Waals surface area contributed by atoms with Crippen LogP contribution in [0.4, 0.5) is 14.5 Å². The Morgan fingerprint density at radius 3 is 2.75 bits per heavy atom. The van der Waals surface area contributed by atoms with Gasteiger partial charge >= 0.3 is 0 Å². The van der Waals surface area contributed by atoms with E-state index in [1.165, 1.54) is 12.1 Å². The summed E-state index contributed by atoms with van der Waals surface area (Å²) in [5.41, 5.74) is 0.536. The van der Waals surface area contributed by atoms with Crippen molar-refractivity contribution in [3.8, 4) is 0 Å². The monoisotopic (exact) mass is 281 g/mol. The molecule has 0 amide bonds. The topological polar surface area (TPSA) is 21.3 Å². The Morgan fingerprint density at radius 2 is 2.00 bits per heavy atom. The molecule has 0 radical (unpaired) electrons. The van der Waals surface area contributed by atoms with Gasteiger partial charge in [-0.1, -0.05) is 13.8 Å². The number of nitrogens with one attached hydrogen (secondary N) is 1. The van der Waals surface area contributed by atoms with E-state index in [0.29, 0.717) is 11.5 Å². The molecule has 0 aromatic heterocycles. The second kappa shape index (κ2) is 4.69. The minimum absolute atomic E-state index is 0.0567. The Morgan fingerprint density at radius 1 is 1.25 bits per heavy atom. The van der Waals surface area contributed by atoms with Crippen molar-refractivity contribution in [2.45, 2.75) is 45.8 Å². The highest BCUT2D eigenvalue weighted by molar-refractivity contribution is 5.49. The van der Waals surface area contributed by atoms with E-state index in [0.717, 1.165) is 19.4 Å². The van der Waals surface area contributed by atoms with Crippen molar-refractivity contribution in [1.82, 2.24) is 0 Å². The van der Waals surface area contributed by atoms with Crippen molar-refractivity contribution in [3.05, 3.63) is 29.3 Å². The lowest BCUT2D eigenvalue weighted by molar-refractivity contribution is -0.177. The smallest absolute Gasteiger partial charge is 0.146 e. The van der Waals surface area contributed by atoms with Crippen LogP contribution in [-0.4, -0.2) is 18.8 Å². The van der Waals surface area contributed by atoms with Crippen LogP contribution in [0.15, 0.2) is 12.1 Å². The Balaban J connectivity index is 1.82. The Labute approximate surface area is 118 Å². The number of benzene rings is 1. The molecule has 1 saturated carbocycles. The van der Waals surface area contributed by atoms with Gasteiger partial charge in [0.2, 0.25) is 0 Å². The molecular formula is C16H21F2NO. The zero-order valence-corrected chi connectivity index (χ0v) is 12.2. The third kappa shape index (κ3) is 2.01. The van der Waals surface area contributed by atoms with Crippen molar-refractivity contribution in [3.63, 3.8) is 0 Å². The Kier molecular flexibility index (Phi) is 3.24. The maximum absolute atomic E-state index is 14.0. The zero-order chi connectivity index (χ0) is 14.5. The molecule has 2 nitrogen and oxygen atoms in total. The number of aryl methyl sites for hydroxylation is 1. The molecule has 1 aromatic carbocycles. The summed E-state index contributed by atoms with van der Waals surface area (Å²) in [4.78, 5) is 0. The van der Waals surface area contributed by atoms with Gasteiger partial charge < -0.3 is 10.1 Å². The summed E-state index contributed by atoms with van der Waals surface area (Å²) >= 11 is 0. The van der Waals surface area contributed by atoms with Gasteiger partial charge in [0.25, 0.3) is 0 Å². The van der Waals surface area contributed by atoms with Crippen molar-refractivity contribution >= 4 is 5.69 Å². The Bertz CT molecular complexity index is 529. The summed E-state index contributed by atoms with van der Waals surface area (Å²) in [6, 6.07) is 2.64. The molecule has 0 bridgehead atoms. The number of hydrogen-bond acceptors (Lipinski definition) is 2. The van der Waals surface area contributed by atoms with Crippen molar-refractivity contribution in [1.29, 1.82) is 0 Å². The average molecular weight is 281 g/mol. The molecule has 1 aromatic rings. The molecular weight excluding hydrogens is 260 g/mol. The number of hydrogen-bond donors (Lipinski definition) is 1. The Hall–Kier alpha value is -1.16. The third-order valence-electron chi connectivity index (χ3n) is 4.89. The molecule has 0 spiro atoms. The van der Waals surface area contributed by atoms with Crippen LogP contribution in [-0.2, 0) is 4.74 Å². The van der Waals surface area contributed by atoms with Gasteiger partial charge in [0.15, 0.2) is 0 Å². The van der Waals surface area contributed by atoms with Crippen LogP contribution in [0.5, 0.6) is 0 Å². The van der Waals surface area contributed by atoms with E-state index in [2.05, 4.69) is 19.2 Å². The predicted molar refractivity (Wildman–Crippen MR) is 74.8 cm³/mol. The van der Waals surface area contributed by atoms with Gasteiger partial charge in [-0.3, -0.25) is 0 Å². The van der Waals surface area contributed by atoms with Gasteiger partial charge in [-0.15, -0.1) is 0 Å². The summed E-state index contributed by atoms with van der Waals surface area (Å²) in [6.45, 7) is 6.63. The summed E-state index contributed by atoms with van der Waals surface area (Å²) in [5, 5.41) is 3.21. The molecule has 1 aliphatic heterocycles. The van der Waals surface area contributed by atoms with Gasteiger partial charge in [-0.05, 0) is 31.4 Å². The maximum Gasteiger partial charge on any atom is 0.146 e. The number of halogens is 2. The molecule has 4 heteroatoms. The van der Waals surface area contributed by atoms with Crippen LogP contribution < -0.4 is 5.32 Å². The van der Waals surface area contributed by atoms with Crippen LogP contribution in [0.2, 0.25) is 0 Å². The molecule has 2 fully saturated rings. The van der Waals surface area contributed by atoms with Crippen LogP contribution >= 0.6 is 0 Å². The number of fused-ring (bicyclic) bond motifs is 1. The van der Waals surface area contributed by atoms with Crippen LogP contribution in [0.1, 0.15) is 32.3 Å². The van der Waals surface area contributed by atoms with E-state index in [-0.39, 0.29) is 34.9 Å². The first kappa shape index (κ1) is 13.8. The van der Waals surface area contributed by atoms with Gasteiger partial charge in [-0.2, -0.15) is 0 Å². The summed E-state index contributed by atoms with van der Waals surface area (Å²) in [5.74, 6) is -0.370. The lowest BCUT2D eigenvalue weighted by atomic mass is 9.55. The fourth-order valence-corrected chi connectivity index (χ4v) is 3.74. The molecule has 1 saturated heterocycles. The second-order valence-electron chi connectivity index (χ2n) is 6.62. The maximum atomic E-state index is 14.0. The summed E-state index contributed by atoms with van der Waals surface area (Å²) in [7, 11) is 0. The lowest BCUT2D eigenvalue weighted by Crippen LogP contribution is -2.67. The van der Waals surface area contributed by atoms with Crippen LogP contribution in [0.25, 0.3) is 0 Å². The lowest BCUT2D eigenvalue weighted by Gasteiger charge is -2.60. The number of ether oxygens (including phenoxy) is 1. The molecule has 3 atom stereocenters. The molecule has 2 aliphatic rings. The molecule has 1 aliphatic carbocycles. The molecule has 3 rings (SSSR count). The summed E-state index contributed by atoms with van der Waals surface area (Å²) < 4.78 is 33.4. The van der Waals surface area contributed by atoms with E-state index in [1.807, 2.05) is 0 Å². The largest absolute Gasteiger partial charge is 0.379 e. The fourth-order valence-electron chi connectivity index (χ4n) is 3.74.